The maximum absolute atomic E-state index is 10.5. The molecule has 6 heterocycles. The standard InChI is InChI=1S/C93H62B5N5O2/c1-92(2,3)57-31-38-72(64(47-57)53-19-9-7-10-20-53)102-75-49-59(100-70-26-16-13-23-61(70)62-24-14-17-27-71(62)100)33-35-68(75)98-69-36-34-60(101-74-37-29-52(51-99)43-66(74)85-86(94)87(95)88(96)89(97)91(85)101)50-76(69)103(73-39-32-58(93(4,5)6)48-65(73)54-21-11-8-12-22-54)78-46-56(45-77(102)90(78)98)55-30-40-80-67(44-55)84-82(105-80)42-41-81-83(84)63-25-15-18-28-79(63)104-81/h7-50H,1-6H3. The van der Waals surface area contributed by atoms with Crippen LogP contribution in [-0.2, 0) is 10.8 Å². The van der Waals surface area contributed by atoms with Crippen molar-refractivity contribution in [2.45, 2.75) is 52.4 Å². The summed E-state index contributed by atoms with van der Waals surface area (Å²) in [6.07, 6.45) is 0. The average Bonchev–Trinajstić information content (AvgIpc) is 1.58. The number of nitriles is 1. The average molecular weight is 1340 g/mol. The number of para-hydroxylation sites is 3. The Kier molecular flexibility index (Phi) is 13.6. The van der Waals surface area contributed by atoms with Crippen LogP contribution in [0.5, 0.6) is 0 Å². The first-order valence-electron chi connectivity index (χ1n) is 35.8. The van der Waals surface area contributed by atoms with Crippen molar-refractivity contribution < 1.29 is 8.83 Å². The van der Waals surface area contributed by atoms with Crippen LogP contribution in [0.15, 0.2) is 276 Å². The molecule has 4 aromatic heterocycles. The quantitative estimate of drug-likeness (QED) is 0.149. The zero-order valence-corrected chi connectivity index (χ0v) is 58.8. The van der Waals surface area contributed by atoms with Crippen molar-refractivity contribution in [3.63, 3.8) is 0 Å². The van der Waals surface area contributed by atoms with Crippen molar-refractivity contribution in [1.29, 1.82) is 5.26 Å². The van der Waals surface area contributed by atoms with Crippen molar-refractivity contribution in [1.82, 2.24) is 9.13 Å². The first kappa shape index (κ1) is 62.5. The molecule has 18 aromatic rings. The molecule has 0 bridgehead atoms. The van der Waals surface area contributed by atoms with Gasteiger partial charge in [-0.1, -0.05) is 198 Å². The summed E-state index contributed by atoms with van der Waals surface area (Å²) in [5, 5.41) is 18.2. The predicted molar refractivity (Wildman–Crippen MR) is 444 cm³/mol. The molecular formula is C93H62B5N5O2. The summed E-state index contributed by atoms with van der Waals surface area (Å²) in [5.41, 5.74) is 27.8. The summed E-state index contributed by atoms with van der Waals surface area (Å²) in [5.74, 6) is 0. The second-order valence-electron chi connectivity index (χ2n) is 30.4. The maximum atomic E-state index is 10.5. The third kappa shape index (κ3) is 9.30. The second kappa shape index (κ2) is 22.8. The molecule has 0 fully saturated rings. The first-order valence-corrected chi connectivity index (χ1v) is 35.8. The highest BCUT2D eigenvalue weighted by Gasteiger charge is 2.45. The third-order valence-electron chi connectivity index (χ3n) is 22.3. The lowest BCUT2D eigenvalue weighted by molar-refractivity contribution is 0.590. The number of rotatable bonds is 7. The van der Waals surface area contributed by atoms with E-state index in [9.17, 15) is 5.26 Å². The van der Waals surface area contributed by atoms with E-state index in [2.05, 4.69) is 291 Å². The van der Waals surface area contributed by atoms with E-state index in [1.807, 2.05) is 42.5 Å². The highest BCUT2D eigenvalue weighted by Crippen LogP contribution is 2.53. The van der Waals surface area contributed by atoms with Crippen LogP contribution in [0, 0.1) is 11.3 Å². The van der Waals surface area contributed by atoms with Crippen LogP contribution in [0.25, 0.3) is 132 Å². The van der Waals surface area contributed by atoms with E-state index in [1.54, 1.807) is 0 Å². The van der Waals surface area contributed by atoms with E-state index in [0.29, 0.717) is 27.4 Å². The van der Waals surface area contributed by atoms with Crippen molar-refractivity contribution in [2.24, 2.45) is 0 Å². The molecule has 2 aliphatic heterocycles. The predicted octanol–water partition coefficient (Wildman–Crippen LogP) is 18.4. The van der Waals surface area contributed by atoms with Gasteiger partial charge in [0.15, 0.2) is 0 Å². The molecule has 2 aliphatic rings. The van der Waals surface area contributed by atoms with Gasteiger partial charge in [-0.3, -0.25) is 0 Å². The van der Waals surface area contributed by atoms with Gasteiger partial charge in [-0.05, 0) is 187 Å². The maximum Gasteiger partial charge on any atom is 0.252 e. The van der Waals surface area contributed by atoms with Crippen LogP contribution in [0.4, 0.5) is 34.1 Å². The van der Waals surface area contributed by atoms with Gasteiger partial charge in [0.25, 0.3) is 6.71 Å². The van der Waals surface area contributed by atoms with Crippen molar-refractivity contribution >= 4 is 198 Å². The van der Waals surface area contributed by atoms with Gasteiger partial charge in [0.05, 0.1) is 39.6 Å². The monoisotopic (exact) mass is 1340 g/mol. The van der Waals surface area contributed by atoms with Gasteiger partial charge >= 0.3 is 0 Å². The fourth-order valence-electron chi connectivity index (χ4n) is 17.2. The van der Waals surface area contributed by atoms with Crippen LogP contribution in [-0.4, -0.2) is 47.2 Å². The highest BCUT2D eigenvalue weighted by atomic mass is 16.3. The molecule has 8 radical (unpaired) electrons. The molecular weight excluding hydrogens is 1270 g/mol. The molecule has 0 atom stereocenters. The summed E-state index contributed by atoms with van der Waals surface area (Å²) < 4.78 is 18.0. The van der Waals surface area contributed by atoms with Gasteiger partial charge in [0.2, 0.25) is 0 Å². The number of benzene rings is 14. The molecule has 0 unspecified atom stereocenters. The smallest absolute Gasteiger partial charge is 0.252 e. The Morgan fingerprint density at radius 1 is 0.343 bits per heavy atom. The Morgan fingerprint density at radius 2 is 0.829 bits per heavy atom. The SMILES string of the molecule is [B]c1c([B])c([B])c2c(c1[B])c1cc(C#N)ccc1n2-c1ccc2c(c1)N(c1ccc(C(C)(C)C)cc1-c1ccccc1)c1cc(-c3ccc4oc5ccc6oc7ccccc7c6c5c4c3)cc3c1B2c1ccc(-n2c4ccccc4c4ccccc42)cc1N3c1ccc(C(C)(C)C)cc1-c1ccccc1. The Hall–Kier alpha value is -12.3. The fraction of sp³-hybridized carbons (Fsp3) is 0.0860. The summed E-state index contributed by atoms with van der Waals surface area (Å²) in [4.78, 5) is 5.12. The van der Waals surface area contributed by atoms with Crippen LogP contribution in [0.2, 0.25) is 0 Å². The van der Waals surface area contributed by atoms with E-state index in [1.165, 1.54) is 21.9 Å². The van der Waals surface area contributed by atoms with Crippen LogP contribution >= 0.6 is 0 Å². The van der Waals surface area contributed by atoms with E-state index in [4.69, 9.17) is 40.2 Å². The van der Waals surface area contributed by atoms with Gasteiger partial charge < -0.3 is 27.8 Å². The third-order valence-corrected chi connectivity index (χ3v) is 22.3. The molecule has 0 amide bonds. The van der Waals surface area contributed by atoms with Crippen LogP contribution in [0.1, 0.15) is 58.2 Å². The normalized spacial score (nSPS) is 12.9. The molecule has 105 heavy (non-hydrogen) atoms. The fourth-order valence-corrected chi connectivity index (χ4v) is 17.2. The summed E-state index contributed by atoms with van der Waals surface area (Å²) in [7, 11) is 28.1. The zero-order valence-electron chi connectivity index (χ0n) is 58.8. The number of nitrogens with zero attached hydrogens (tertiary/aromatic N) is 5. The van der Waals surface area contributed by atoms with Gasteiger partial charge in [-0.2, -0.15) is 5.26 Å². The van der Waals surface area contributed by atoms with E-state index in [0.717, 1.165) is 161 Å². The second-order valence-corrected chi connectivity index (χ2v) is 30.4. The molecule has 0 aliphatic carbocycles. The molecule has 486 valence electrons. The molecule has 14 aromatic carbocycles. The summed E-state index contributed by atoms with van der Waals surface area (Å²) in [6, 6.07) is 99.3. The van der Waals surface area contributed by atoms with Crippen LogP contribution in [0.3, 0.4) is 0 Å². The molecule has 0 saturated heterocycles. The number of anilines is 6. The topological polar surface area (TPSA) is 66.4 Å². The van der Waals surface area contributed by atoms with Gasteiger partial charge in [0.1, 0.15) is 53.7 Å². The summed E-state index contributed by atoms with van der Waals surface area (Å²) in [6.45, 7) is 13.4. The molecule has 0 spiro atoms. The first-order chi connectivity index (χ1) is 51.0. The van der Waals surface area contributed by atoms with Crippen molar-refractivity contribution in [3.05, 3.63) is 284 Å². The molecule has 0 N–H and O–H groups in total. The van der Waals surface area contributed by atoms with Crippen LogP contribution < -0.4 is 48.0 Å². The van der Waals surface area contributed by atoms with Gasteiger partial charge in [0, 0.05) is 88.5 Å². The largest absolute Gasteiger partial charge is 0.456 e. The summed E-state index contributed by atoms with van der Waals surface area (Å²) >= 11 is 0. The van der Waals surface area contributed by atoms with E-state index >= 15 is 0 Å². The number of hydrogen-bond donors (Lipinski definition) is 0. The van der Waals surface area contributed by atoms with E-state index in [-0.39, 0.29) is 28.5 Å². The number of aromatic nitrogens is 2. The van der Waals surface area contributed by atoms with Gasteiger partial charge in [-0.15, -0.1) is 10.9 Å². The van der Waals surface area contributed by atoms with Crippen molar-refractivity contribution in [2.75, 3.05) is 9.80 Å². The number of fused-ring (bicyclic) bond motifs is 17. The van der Waals surface area contributed by atoms with E-state index < -0.39 is 0 Å². The molecule has 20 rings (SSSR count). The minimum atomic E-state index is -0.360. The minimum absolute atomic E-state index is 0.181. The Labute approximate surface area is 613 Å². The highest BCUT2D eigenvalue weighted by molar-refractivity contribution is 7.00. The number of furan rings is 2. The lowest BCUT2D eigenvalue weighted by Gasteiger charge is -2.45. The molecule has 7 nitrogen and oxygen atoms in total. The lowest BCUT2D eigenvalue weighted by atomic mass is 9.33. The number of hydrogen-bond acceptors (Lipinski definition) is 5. The Morgan fingerprint density at radius 3 is 1.39 bits per heavy atom. The lowest BCUT2D eigenvalue weighted by Crippen LogP contribution is -2.61. The van der Waals surface area contributed by atoms with Gasteiger partial charge in [-0.25, -0.2) is 0 Å². The Bertz CT molecular complexity index is 6790. The molecule has 12 heteroatoms. The zero-order chi connectivity index (χ0) is 71.2. The van der Waals surface area contributed by atoms with Crippen molar-refractivity contribution in [3.8, 4) is 50.8 Å². The molecule has 0 saturated carbocycles. The minimum Gasteiger partial charge on any atom is -0.456 e. The Balaban J connectivity index is 0.956.